The predicted octanol–water partition coefficient (Wildman–Crippen LogP) is 2.73. The van der Waals surface area contributed by atoms with Gasteiger partial charge in [-0.15, -0.1) is 0 Å². The smallest absolute Gasteiger partial charge is 0.264 e. The van der Waals surface area contributed by atoms with Crippen molar-refractivity contribution in [2.45, 2.75) is 26.7 Å². The van der Waals surface area contributed by atoms with Crippen LogP contribution in [-0.4, -0.2) is 41.5 Å². The van der Waals surface area contributed by atoms with E-state index < -0.39 is 0 Å². The number of benzene rings is 1. The predicted molar refractivity (Wildman–Crippen MR) is 114 cm³/mol. The molecule has 1 aliphatic heterocycles. The molecule has 156 valence electrons. The van der Waals surface area contributed by atoms with Gasteiger partial charge in [0.25, 0.3) is 5.91 Å². The van der Waals surface area contributed by atoms with Crippen LogP contribution >= 0.6 is 0 Å². The van der Waals surface area contributed by atoms with E-state index in [2.05, 4.69) is 4.57 Å². The zero-order valence-corrected chi connectivity index (χ0v) is 17.5. The van der Waals surface area contributed by atoms with Crippen molar-refractivity contribution in [3.63, 3.8) is 0 Å². The molecule has 7 heteroatoms. The molecule has 0 aliphatic carbocycles. The number of carbonyl (C=O) groups excluding carboxylic acids is 2. The summed E-state index contributed by atoms with van der Waals surface area (Å²) >= 11 is 0. The van der Waals surface area contributed by atoms with E-state index in [1.54, 1.807) is 18.1 Å². The lowest BCUT2D eigenvalue weighted by molar-refractivity contribution is -0.131. The Hall–Kier alpha value is -3.53. The number of nitrogens with two attached hydrogens (primary N) is 1. The molecule has 1 aliphatic rings. The molecule has 0 spiro atoms. The van der Waals surface area contributed by atoms with Crippen LogP contribution in [0.3, 0.4) is 0 Å². The molecule has 1 fully saturated rings. The van der Waals surface area contributed by atoms with Gasteiger partial charge in [-0.3, -0.25) is 9.59 Å². The van der Waals surface area contributed by atoms with E-state index in [9.17, 15) is 14.9 Å². The number of rotatable bonds is 5. The fraction of sp³-hybridized carbons (Fsp3) is 0.348. The van der Waals surface area contributed by atoms with Gasteiger partial charge in [-0.2, -0.15) is 5.26 Å². The Bertz CT molecular complexity index is 1020. The molecule has 0 bridgehead atoms. The minimum absolute atomic E-state index is 0.0857. The maximum absolute atomic E-state index is 12.9. The highest BCUT2D eigenvalue weighted by molar-refractivity contribution is 6.02. The van der Waals surface area contributed by atoms with E-state index in [-0.39, 0.29) is 23.3 Å². The Morgan fingerprint density at radius 2 is 1.83 bits per heavy atom. The highest BCUT2D eigenvalue weighted by atomic mass is 16.5. The van der Waals surface area contributed by atoms with E-state index in [4.69, 9.17) is 10.5 Å². The SMILES string of the molecule is COc1ccc(-n2c(C)cc(/C=C(/C#N)C(=O)N3CCC(C(N)=O)CC3)c2C)cc1. The number of piperidine rings is 1. The van der Waals surface area contributed by atoms with Crippen molar-refractivity contribution < 1.29 is 14.3 Å². The Balaban J connectivity index is 1.85. The van der Waals surface area contributed by atoms with E-state index in [1.807, 2.05) is 50.2 Å². The molecule has 1 saturated heterocycles. The molecule has 3 rings (SSSR count). The van der Waals surface area contributed by atoms with Crippen LogP contribution in [0, 0.1) is 31.1 Å². The van der Waals surface area contributed by atoms with Crippen molar-refractivity contribution >= 4 is 17.9 Å². The van der Waals surface area contributed by atoms with Crippen molar-refractivity contribution in [2.24, 2.45) is 11.7 Å². The second-order valence-electron chi connectivity index (χ2n) is 7.50. The highest BCUT2D eigenvalue weighted by Gasteiger charge is 2.27. The lowest BCUT2D eigenvalue weighted by Gasteiger charge is -2.30. The zero-order valence-electron chi connectivity index (χ0n) is 17.5. The minimum atomic E-state index is -0.330. The molecule has 2 heterocycles. The van der Waals surface area contributed by atoms with E-state index >= 15 is 0 Å². The summed E-state index contributed by atoms with van der Waals surface area (Å²) in [7, 11) is 1.63. The molecule has 0 radical (unpaired) electrons. The van der Waals surface area contributed by atoms with Crippen LogP contribution < -0.4 is 10.5 Å². The summed E-state index contributed by atoms with van der Waals surface area (Å²) in [6, 6.07) is 11.7. The van der Waals surface area contributed by atoms with E-state index in [1.165, 1.54) is 0 Å². The summed E-state index contributed by atoms with van der Waals surface area (Å²) in [6.07, 6.45) is 2.71. The van der Waals surface area contributed by atoms with Crippen LogP contribution in [0.5, 0.6) is 5.75 Å². The lowest BCUT2D eigenvalue weighted by Crippen LogP contribution is -2.42. The number of aryl methyl sites for hydroxylation is 1. The number of nitrogens with zero attached hydrogens (tertiary/aromatic N) is 3. The Labute approximate surface area is 176 Å². The Morgan fingerprint density at radius 3 is 2.37 bits per heavy atom. The van der Waals surface area contributed by atoms with Crippen molar-refractivity contribution in [1.29, 1.82) is 5.26 Å². The third-order valence-electron chi connectivity index (χ3n) is 5.64. The average Bonchev–Trinajstić information content (AvgIpc) is 3.04. The third kappa shape index (κ3) is 4.23. The largest absolute Gasteiger partial charge is 0.497 e. The van der Waals surface area contributed by atoms with Crippen molar-refractivity contribution in [2.75, 3.05) is 20.2 Å². The number of amides is 2. The molecule has 7 nitrogen and oxygen atoms in total. The summed E-state index contributed by atoms with van der Waals surface area (Å²) < 4.78 is 7.29. The van der Waals surface area contributed by atoms with Gasteiger partial charge in [0.1, 0.15) is 17.4 Å². The number of primary amides is 1. The van der Waals surface area contributed by atoms with Crippen molar-refractivity contribution in [1.82, 2.24) is 9.47 Å². The third-order valence-corrected chi connectivity index (χ3v) is 5.64. The minimum Gasteiger partial charge on any atom is -0.497 e. The first-order chi connectivity index (χ1) is 14.3. The lowest BCUT2D eigenvalue weighted by atomic mass is 9.96. The number of ether oxygens (including phenoxy) is 1. The van der Waals surface area contributed by atoms with Crippen LogP contribution in [0.25, 0.3) is 11.8 Å². The van der Waals surface area contributed by atoms with Gasteiger partial charge in [0.2, 0.25) is 5.91 Å². The van der Waals surface area contributed by atoms with Gasteiger partial charge in [0.15, 0.2) is 0 Å². The van der Waals surface area contributed by atoms with Crippen LogP contribution in [0.1, 0.15) is 29.8 Å². The standard InChI is InChI=1S/C23H26N4O3/c1-15-12-18(16(2)27(15)20-4-6-21(30-3)7-5-20)13-19(14-24)23(29)26-10-8-17(9-11-26)22(25)28/h4-7,12-13,17H,8-11H2,1-3H3,(H2,25,28)/b19-13-. The maximum atomic E-state index is 12.9. The number of methoxy groups -OCH3 is 1. The second-order valence-corrected chi connectivity index (χ2v) is 7.50. The molecule has 30 heavy (non-hydrogen) atoms. The van der Waals surface area contributed by atoms with Gasteiger partial charge in [0, 0.05) is 36.1 Å². The summed E-state index contributed by atoms with van der Waals surface area (Å²) in [5, 5.41) is 9.61. The van der Waals surface area contributed by atoms with Gasteiger partial charge in [0.05, 0.1) is 7.11 Å². The van der Waals surface area contributed by atoms with E-state index in [0.717, 1.165) is 28.4 Å². The molecule has 1 aromatic carbocycles. The van der Waals surface area contributed by atoms with Crippen LogP contribution in [-0.2, 0) is 9.59 Å². The van der Waals surface area contributed by atoms with Crippen LogP contribution in [0.4, 0.5) is 0 Å². The second kappa shape index (κ2) is 8.87. The number of aromatic nitrogens is 1. The quantitative estimate of drug-likeness (QED) is 0.609. The number of hydrogen-bond donors (Lipinski definition) is 1. The normalized spacial score (nSPS) is 15.0. The zero-order chi connectivity index (χ0) is 21.8. The molecule has 0 saturated carbocycles. The first kappa shape index (κ1) is 21.2. The van der Waals surface area contributed by atoms with Gasteiger partial charge < -0.3 is 19.9 Å². The van der Waals surface area contributed by atoms with Crippen molar-refractivity contribution in [3.8, 4) is 17.5 Å². The van der Waals surface area contributed by atoms with Gasteiger partial charge >= 0.3 is 0 Å². The highest BCUT2D eigenvalue weighted by Crippen LogP contribution is 2.25. The summed E-state index contributed by atoms with van der Waals surface area (Å²) in [4.78, 5) is 25.8. The molecule has 2 N–H and O–H groups in total. The fourth-order valence-corrected chi connectivity index (χ4v) is 3.90. The molecular formula is C23H26N4O3. The van der Waals surface area contributed by atoms with Gasteiger partial charge in [-0.05, 0) is 68.7 Å². The molecule has 2 aromatic rings. The monoisotopic (exact) mass is 406 g/mol. The van der Waals surface area contributed by atoms with E-state index in [0.29, 0.717) is 25.9 Å². The van der Waals surface area contributed by atoms with Gasteiger partial charge in [-0.1, -0.05) is 0 Å². The summed E-state index contributed by atoms with van der Waals surface area (Å²) in [5.74, 6) is -0.0652. The molecule has 0 atom stereocenters. The number of likely N-dealkylation sites (tertiary alicyclic amines) is 1. The summed E-state index contributed by atoms with van der Waals surface area (Å²) in [6.45, 7) is 4.80. The average molecular weight is 406 g/mol. The molecule has 0 unspecified atom stereocenters. The summed E-state index contributed by atoms with van der Waals surface area (Å²) in [5.41, 5.74) is 9.17. The Morgan fingerprint density at radius 1 is 1.20 bits per heavy atom. The first-order valence-corrected chi connectivity index (χ1v) is 9.89. The number of hydrogen-bond acceptors (Lipinski definition) is 4. The maximum Gasteiger partial charge on any atom is 0.264 e. The molecular weight excluding hydrogens is 380 g/mol. The Kier molecular flexibility index (Phi) is 6.26. The number of carbonyl (C=O) groups is 2. The molecule has 1 aromatic heterocycles. The number of nitriles is 1. The van der Waals surface area contributed by atoms with Crippen molar-refractivity contribution in [3.05, 3.63) is 52.9 Å². The first-order valence-electron chi connectivity index (χ1n) is 9.89. The molecule has 2 amide bonds. The fourth-order valence-electron chi connectivity index (χ4n) is 3.90. The van der Waals surface area contributed by atoms with Crippen LogP contribution in [0.2, 0.25) is 0 Å². The van der Waals surface area contributed by atoms with Crippen LogP contribution in [0.15, 0.2) is 35.9 Å². The topological polar surface area (TPSA) is 101 Å². The van der Waals surface area contributed by atoms with Gasteiger partial charge in [-0.25, -0.2) is 0 Å².